The number of esters is 1. The largest absolute Gasteiger partial charge is 0.497 e. The zero-order chi connectivity index (χ0) is 25.3. The van der Waals surface area contributed by atoms with Gasteiger partial charge in [0.15, 0.2) is 6.61 Å². The van der Waals surface area contributed by atoms with Gasteiger partial charge in [-0.2, -0.15) is 0 Å². The van der Waals surface area contributed by atoms with E-state index in [4.69, 9.17) is 14.6 Å². The number of ether oxygens (including phenoxy) is 2. The van der Waals surface area contributed by atoms with Crippen LogP contribution in [-0.2, 0) is 30.8 Å². The molecule has 0 radical (unpaired) electrons. The topological polar surface area (TPSA) is 154 Å². The van der Waals surface area contributed by atoms with Crippen molar-refractivity contribution in [1.29, 1.82) is 0 Å². The SMILES string of the molecule is COc1ccc(C(=O)NC(C(=O)OCC(=O)NCCc2ccc(S(N)(=O)=O)cc2)C(C)C)cc1. The maximum Gasteiger partial charge on any atom is 0.329 e. The van der Waals surface area contributed by atoms with Crippen molar-refractivity contribution >= 4 is 27.8 Å². The number of hydrogen-bond acceptors (Lipinski definition) is 7. The maximum absolute atomic E-state index is 12.5. The van der Waals surface area contributed by atoms with E-state index in [2.05, 4.69) is 10.6 Å². The van der Waals surface area contributed by atoms with Gasteiger partial charge >= 0.3 is 5.97 Å². The zero-order valence-electron chi connectivity index (χ0n) is 19.2. The van der Waals surface area contributed by atoms with Gasteiger partial charge in [-0.1, -0.05) is 26.0 Å². The first-order valence-electron chi connectivity index (χ1n) is 10.5. The minimum atomic E-state index is -3.76. The molecule has 0 saturated heterocycles. The summed E-state index contributed by atoms with van der Waals surface area (Å²) in [5, 5.41) is 10.3. The number of hydrogen-bond donors (Lipinski definition) is 3. The smallest absolute Gasteiger partial charge is 0.329 e. The molecule has 0 aliphatic heterocycles. The Morgan fingerprint density at radius 1 is 1.00 bits per heavy atom. The maximum atomic E-state index is 12.5. The quantitative estimate of drug-likeness (QED) is 0.396. The molecule has 0 spiro atoms. The minimum Gasteiger partial charge on any atom is -0.497 e. The fraction of sp³-hybridized carbons (Fsp3) is 0.348. The summed E-state index contributed by atoms with van der Waals surface area (Å²) in [7, 11) is -2.24. The molecule has 0 heterocycles. The van der Waals surface area contributed by atoms with E-state index in [1.165, 1.54) is 19.2 Å². The summed E-state index contributed by atoms with van der Waals surface area (Å²) < 4.78 is 32.7. The van der Waals surface area contributed by atoms with Crippen LogP contribution in [0.2, 0.25) is 0 Å². The predicted octanol–water partition coefficient (Wildman–Crippen LogP) is 0.999. The number of sulfonamides is 1. The molecular weight excluding hydrogens is 462 g/mol. The van der Waals surface area contributed by atoms with Gasteiger partial charge in [0.1, 0.15) is 11.8 Å². The van der Waals surface area contributed by atoms with Gasteiger partial charge in [0.25, 0.3) is 11.8 Å². The average Bonchev–Trinajstić information content (AvgIpc) is 2.80. The van der Waals surface area contributed by atoms with Gasteiger partial charge in [-0.05, 0) is 54.3 Å². The van der Waals surface area contributed by atoms with Gasteiger partial charge < -0.3 is 20.1 Å². The Hall–Kier alpha value is -3.44. The highest BCUT2D eigenvalue weighted by molar-refractivity contribution is 7.89. The lowest BCUT2D eigenvalue weighted by molar-refractivity contribution is -0.151. The number of benzene rings is 2. The summed E-state index contributed by atoms with van der Waals surface area (Å²) >= 11 is 0. The van der Waals surface area contributed by atoms with Crippen molar-refractivity contribution in [2.24, 2.45) is 11.1 Å². The van der Waals surface area contributed by atoms with Crippen LogP contribution in [0.15, 0.2) is 53.4 Å². The van der Waals surface area contributed by atoms with E-state index in [0.29, 0.717) is 17.7 Å². The molecule has 0 saturated carbocycles. The number of nitrogens with one attached hydrogen (secondary N) is 2. The van der Waals surface area contributed by atoms with Crippen molar-refractivity contribution in [2.75, 3.05) is 20.3 Å². The van der Waals surface area contributed by atoms with Gasteiger partial charge in [-0.25, -0.2) is 18.4 Å². The predicted molar refractivity (Wildman–Crippen MR) is 125 cm³/mol. The van der Waals surface area contributed by atoms with Crippen LogP contribution in [0.3, 0.4) is 0 Å². The molecule has 0 aromatic heterocycles. The first-order valence-corrected chi connectivity index (χ1v) is 12.1. The minimum absolute atomic E-state index is 0.00554. The molecule has 184 valence electrons. The molecule has 0 aliphatic carbocycles. The van der Waals surface area contributed by atoms with Crippen molar-refractivity contribution < 1.29 is 32.3 Å². The molecule has 34 heavy (non-hydrogen) atoms. The highest BCUT2D eigenvalue weighted by Crippen LogP contribution is 2.13. The number of carbonyl (C=O) groups excluding carboxylic acids is 3. The molecule has 2 amide bonds. The first kappa shape index (κ1) is 26.8. The van der Waals surface area contributed by atoms with E-state index in [0.717, 1.165) is 5.56 Å². The van der Waals surface area contributed by atoms with Gasteiger partial charge in [0.2, 0.25) is 10.0 Å². The summed E-state index contributed by atoms with van der Waals surface area (Å²) in [5.41, 5.74) is 1.15. The number of carbonyl (C=O) groups is 3. The van der Waals surface area contributed by atoms with E-state index in [-0.39, 0.29) is 17.4 Å². The van der Waals surface area contributed by atoms with Crippen LogP contribution in [0, 0.1) is 5.92 Å². The Bertz CT molecular complexity index is 1100. The standard InChI is InChI=1S/C23H29N3O7S/c1-15(2)21(26-22(28)17-6-8-18(32-3)9-7-17)23(29)33-14-20(27)25-13-12-16-4-10-19(11-5-16)34(24,30)31/h4-11,15,21H,12-14H2,1-3H3,(H,25,27)(H,26,28)(H2,24,30,31). The van der Waals surface area contributed by atoms with E-state index in [1.807, 2.05) is 0 Å². The lowest BCUT2D eigenvalue weighted by Gasteiger charge is -2.21. The number of rotatable bonds is 11. The Labute approximate surface area is 198 Å². The molecule has 0 aliphatic rings. The van der Waals surface area contributed by atoms with Crippen LogP contribution < -0.4 is 20.5 Å². The Kier molecular flexibility index (Phi) is 9.58. The Balaban J connectivity index is 1.81. The molecule has 2 aromatic carbocycles. The van der Waals surface area contributed by atoms with Crippen LogP contribution in [-0.4, -0.2) is 52.5 Å². The van der Waals surface area contributed by atoms with E-state index < -0.39 is 40.5 Å². The summed E-state index contributed by atoms with van der Waals surface area (Å²) in [4.78, 5) is 37.0. The molecule has 0 bridgehead atoms. The molecule has 2 rings (SSSR count). The average molecular weight is 492 g/mol. The van der Waals surface area contributed by atoms with Crippen LogP contribution in [0.1, 0.15) is 29.8 Å². The van der Waals surface area contributed by atoms with Gasteiger partial charge in [0, 0.05) is 12.1 Å². The van der Waals surface area contributed by atoms with Crippen LogP contribution in [0.4, 0.5) is 0 Å². The fourth-order valence-electron chi connectivity index (χ4n) is 2.93. The normalized spacial score (nSPS) is 12.0. The molecule has 1 atom stereocenters. The number of primary sulfonamides is 1. The van der Waals surface area contributed by atoms with Crippen molar-refractivity contribution in [3.8, 4) is 5.75 Å². The monoisotopic (exact) mass is 491 g/mol. The second kappa shape index (κ2) is 12.1. The third kappa shape index (κ3) is 8.16. The Morgan fingerprint density at radius 2 is 1.62 bits per heavy atom. The molecule has 0 fully saturated rings. The number of amides is 2. The summed E-state index contributed by atoms with van der Waals surface area (Å²) in [6.07, 6.45) is 0.442. The van der Waals surface area contributed by atoms with Crippen molar-refractivity contribution in [3.63, 3.8) is 0 Å². The Morgan fingerprint density at radius 3 is 2.15 bits per heavy atom. The highest BCUT2D eigenvalue weighted by Gasteiger charge is 2.26. The van der Waals surface area contributed by atoms with Crippen molar-refractivity contribution in [1.82, 2.24) is 10.6 Å². The zero-order valence-corrected chi connectivity index (χ0v) is 20.1. The van der Waals surface area contributed by atoms with E-state index >= 15 is 0 Å². The highest BCUT2D eigenvalue weighted by atomic mass is 32.2. The third-order valence-corrected chi connectivity index (χ3v) is 5.82. The molecule has 11 heteroatoms. The lowest BCUT2D eigenvalue weighted by atomic mass is 10.0. The number of methoxy groups -OCH3 is 1. The van der Waals surface area contributed by atoms with Crippen LogP contribution in [0.25, 0.3) is 0 Å². The first-order chi connectivity index (χ1) is 16.0. The second-order valence-electron chi connectivity index (χ2n) is 7.82. The van der Waals surface area contributed by atoms with Crippen molar-refractivity contribution in [3.05, 3.63) is 59.7 Å². The summed E-state index contributed by atoms with van der Waals surface area (Å²) in [6, 6.07) is 11.5. The van der Waals surface area contributed by atoms with E-state index in [1.54, 1.807) is 50.2 Å². The molecule has 2 aromatic rings. The van der Waals surface area contributed by atoms with Gasteiger partial charge in [-0.3, -0.25) is 9.59 Å². The fourth-order valence-corrected chi connectivity index (χ4v) is 3.45. The van der Waals surface area contributed by atoms with E-state index in [9.17, 15) is 22.8 Å². The van der Waals surface area contributed by atoms with Crippen LogP contribution in [0.5, 0.6) is 5.75 Å². The second-order valence-corrected chi connectivity index (χ2v) is 9.38. The van der Waals surface area contributed by atoms with Crippen molar-refractivity contribution in [2.45, 2.75) is 31.2 Å². The molecule has 1 unspecified atom stereocenters. The summed E-state index contributed by atoms with van der Waals surface area (Å²) in [6.45, 7) is 3.26. The summed E-state index contributed by atoms with van der Waals surface area (Å²) in [5.74, 6) is -1.33. The third-order valence-electron chi connectivity index (χ3n) is 4.89. The molecule has 10 nitrogen and oxygen atoms in total. The van der Waals surface area contributed by atoms with Gasteiger partial charge in [0.05, 0.1) is 12.0 Å². The molecular formula is C23H29N3O7S. The van der Waals surface area contributed by atoms with Crippen LogP contribution >= 0.6 is 0 Å². The van der Waals surface area contributed by atoms with Gasteiger partial charge in [-0.15, -0.1) is 0 Å². The number of nitrogens with two attached hydrogens (primary N) is 1. The lowest BCUT2D eigenvalue weighted by Crippen LogP contribution is -2.46. The molecule has 4 N–H and O–H groups in total.